The van der Waals surface area contributed by atoms with Gasteiger partial charge in [0, 0.05) is 24.7 Å². The Bertz CT molecular complexity index is 820. The first-order valence-electron chi connectivity index (χ1n) is 8.93. The van der Waals surface area contributed by atoms with Crippen molar-refractivity contribution in [1.29, 1.82) is 0 Å². The van der Waals surface area contributed by atoms with Crippen molar-refractivity contribution in [1.82, 2.24) is 34.7 Å². The fourth-order valence-electron chi connectivity index (χ4n) is 3.51. The van der Waals surface area contributed by atoms with E-state index in [4.69, 9.17) is 0 Å². The molecule has 136 valence electrons. The zero-order chi connectivity index (χ0) is 17.9. The van der Waals surface area contributed by atoms with Crippen LogP contribution in [0.25, 0.3) is 11.3 Å². The first kappa shape index (κ1) is 16.8. The number of piperidine rings is 1. The standard InChI is InChI=1S/C18H22FN7/c1-14(10-25-13-20-12-21-25)24-8-6-17(7-9-24)26-11-18(22-23-26)15-2-4-16(19)5-3-15/h2-5,11-14,17H,6-10H2,1H3. The van der Waals surface area contributed by atoms with Crippen molar-refractivity contribution in [2.24, 2.45) is 0 Å². The molecule has 1 atom stereocenters. The second kappa shape index (κ2) is 7.33. The lowest BCUT2D eigenvalue weighted by Gasteiger charge is -2.35. The van der Waals surface area contributed by atoms with Crippen LogP contribution in [0.1, 0.15) is 25.8 Å². The molecule has 1 saturated heterocycles. The molecule has 0 radical (unpaired) electrons. The fraction of sp³-hybridized carbons (Fsp3) is 0.444. The zero-order valence-electron chi connectivity index (χ0n) is 14.7. The van der Waals surface area contributed by atoms with Gasteiger partial charge in [0.2, 0.25) is 0 Å². The van der Waals surface area contributed by atoms with E-state index in [0.29, 0.717) is 12.1 Å². The summed E-state index contributed by atoms with van der Waals surface area (Å²) in [6, 6.07) is 7.14. The summed E-state index contributed by atoms with van der Waals surface area (Å²) in [4.78, 5) is 6.48. The molecule has 0 amide bonds. The van der Waals surface area contributed by atoms with Crippen molar-refractivity contribution in [2.75, 3.05) is 13.1 Å². The van der Waals surface area contributed by atoms with Crippen LogP contribution in [0.3, 0.4) is 0 Å². The molecule has 1 aliphatic heterocycles. The van der Waals surface area contributed by atoms with Gasteiger partial charge in [0.15, 0.2) is 0 Å². The van der Waals surface area contributed by atoms with Gasteiger partial charge in [-0.25, -0.2) is 14.1 Å². The van der Waals surface area contributed by atoms with Crippen molar-refractivity contribution in [3.63, 3.8) is 0 Å². The minimum absolute atomic E-state index is 0.242. The van der Waals surface area contributed by atoms with Gasteiger partial charge in [-0.2, -0.15) is 5.10 Å². The molecular formula is C18H22FN7. The van der Waals surface area contributed by atoms with E-state index < -0.39 is 0 Å². The molecule has 26 heavy (non-hydrogen) atoms. The zero-order valence-corrected chi connectivity index (χ0v) is 14.7. The maximum atomic E-state index is 13.1. The van der Waals surface area contributed by atoms with E-state index in [1.54, 1.807) is 24.8 Å². The highest BCUT2D eigenvalue weighted by Crippen LogP contribution is 2.25. The minimum atomic E-state index is -0.242. The van der Waals surface area contributed by atoms with Crippen molar-refractivity contribution in [2.45, 2.75) is 38.4 Å². The molecule has 1 aliphatic rings. The summed E-state index contributed by atoms with van der Waals surface area (Å²) in [5.41, 5.74) is 1.67. The summed E-state index contributed by atoms with van der Waals surface area (Å²) in [6.45, 7) is 5.12. The second-order valence-corrected chi connectivity index (χ2v) is 6.82. The van der Waals surface area contributed by atoms with E-state index in [9.17, 15) is 4.39 Å². The number of hydrogen-bond acceptors (Lipinski definition) is 5. The van der Waals surface area contributed by atoms with Crippen LogP contribution in [0.15, 0.2) is 43.1 Å². The Morgan fingerprint density at radius 1 is 1.19 bits per heavy atom. The molecule has 4 rings (SSSR count). The maximum absolute atomic E-state index is 13.1. The number of likely N-dealkylation sites (tertiary alicyclic amines) is 1. The summed E-state index contributed by atoms with van der Waals surface area (Å²) < 4.78 is 16.9. The van der Waals surface area contributed by atoms with Gasteiger partial charge in [-0.3, -0.25) is 9.58 Å². The third-order valence-electron chi connectivity index (χ3n) is 5.06. The summed E-state index contributed by atoms with van der Waals surface area (Å²) in [5.74, 6) is -0.242. The number of hydrogen-bond donors (Lipinski definition) is 0. The average Bonchev–Trinajstić information content (AvgIpc) is 3.34. The molecule has 7 nitrogen and oxygen atoms in total. The lowest BCUT2D eigenvalue weighted by Crippen LogP contribution is -2.42. The molecule has 0 bridgehead atoms. The number of halogens is 1. The molecule has 1 unspecified atom stereocenters. The maximum Gasteiger partial charge on any atom is 0.137 e. The topological polar surface area (TPSA) is 64.7 Å². The predicted molar refractivity (Wildman–Crippen MR) is 94.7 cm³/mol. The molecule has 8 heteroatoms. The van der Waals surface area contributed by atoms with Gasteiger partial charge < -0.3 is 0 Å². The predicted octanol–water partition coefficient (Wildman–Crippen LogP) is 2.40. The van der Waals surface area contributed by atoms with Gasteiger partial charge in [0.05, 0.1) is 18.8 Å². The Hall–Kier alpha value is -2.61. The first-order chi connectivity index (χ1) is 12.7. The van der Waals surface area contributed by atoms with Crippen molar-refractivity contribution < 1.29 is 4.39 Å². The summed E-state index contributed by atoms with van der Waals surface area (Å²) in [6.07, 6.45) is 7.37. The third-order valence-corrected chi connectivity index (χ3v) is 5.06. The molecule has 1 fully saturated rings. The van der Waals surface area contributed by atoms with Gasteiger partial charge in [-0.15, -0.1) is 5.10 Å². The highest BCUT2D eigenvalue weighted by Gasteiger charge is 2.25. The molecule has 0 aliphatic carbocycles. The fourth-order valence-corrected chi connectivity index (χ4v) is 3.51. The van der Waals surface area contributed by atoms with E-state index in [0.717, 1.165) is 43.7 Å². The Morgan fingerprint density at radius 3 is 2.65 bits per heavy atom. The molecule has 3 heterocycles. The van der Waals surface area contributed by atoms with E-state index in [1.165, 1.54) is 12.1 Å². The van der Waals surface area contributed by atoms with Crippen LogP contribution >= 0.6 is 0 Å². The van der Waals surface area contributed by atoms with Crippen LogP contribution in [0.2, 0.25) is 0 Å². The number of aromatic nitrogens is 6. The number of nitrogens with zero attached hydrogens (tertiary/aromatic N) is 7. The van der Waals surface area contributed by atoms with Crippen molar-refractivity contribution in [3.05, 3.63) is 48.9 Å². The minimum Gasteiger partial charge on any atom is -0.299 e. The molecule has 3 aromatic rings. The van der Waals surface area contributed by atoms with Gasteiger partial charge in [-0.1, -0.05) is 5.21 Å². The van der Waals surface area contributed by atoms with Gasteiger partial charge >= 0.3 is 0 Å². The highest BCUT2D eigenvalue weighted by molar-refractivity contribution is 5.57. The summed E-state index contributed by atoms with van der Waals surface area (Å²) in [5, 5.41) is 12.7. The monoisotopic (exact) mass is 355 g/mol. The molecular weight excluding hydrogens is 333 g/mol. The van der Waals surface area contributed by atoms with E-state index in [1.807, 2.05) is 15.6 Å². The van der Waals surface area contributed by atoms with Gasteiger partial charge in [0.25, 0.3) is 0 Å². The van der Waals surface area contributed by atoms with Crippen molar-refractivity contribution >= 4 is 0 Å². The van der Waals surface area contributed by atoms with E-state index in [2.05, 4.69) is 32.2 Å². The summed E-state index contributed by atoms with van der Waals surface area (Å²) in [7, 11) is 0. The van der Waals surface area contributed by atoms with Crippen LogP contribution < -0.4 is 0 Å². The van der Waals surface area contributed by atoms with Gasteiger partial charge in [-0.05, 0) is 44.0 Å². The molecule has 2 aromatic heterocycles. The quantitative estimate of drug-likeness (QED) is 0.703. The van der Waals surface area contributed by atoms with Crippen LogP contribution in [0.4, 0.5) is 4.39 Å². The highest BCUT2D eigenvalue weighted by atomic mass is 19.1. The lowest BCUT2D eigenvalue weighted by molar-refractivity contribution is 0.125. The van der Waals surface area contributed by atoms with Crippen LogP contribution in [-0.2, 0) is 6.54 Å². The first-order valence-corrected chi connectivity index (χ1v) is 8.93. The smallest absolute Gasteiger partial charge is 0.137 e. The molecule has 0 saturated carbocycles. The summed E-state index contributed by atoms with van der Waals surface area (Å²) >= 11 is 0. The van der Waals surface area contributed by atoms with Crippen LogP contribution in [0, 0.1) is 5.82 Å². The number of benzene rings is 1. The van der Waals surface area contributed by atoms with Crippen LogP contribution in [-0.4, -0.2) is 53.8 Å². The normalized spacial score (nSPS) is 17.5. The Labute approximate surface area is 151 Å². The van der Waals surface area contributed by atoms with Crippen molar-refractivity contribution in [3.8, 4) is 11.3 Å². The lowest BCUT2D eigenvalue weighted by atomic mass is 10.0. The third kappa shape index (κ3) is 3.65. The Kier molecular flexibility index (Phi) is 4.75. The Balaban J connectivity index is 1.35. The molecule has 1 aromatic carbocycles. The van der Waals surface area contributed by atoms with Crippen LogP contribution in [0.5, 0.6) is 0 Å². The SMILES string of the molecule is CC(Cn1cncn1)N1CCC(n2cc(-c3ccc(F)cc3)nn2)CC1. The average molecular weight is 355 g/mol. The van der Waals surface area contributed by atoms with E-state index >= 15 is 0 Å². The molecule has 0 spiro atoms. The molecule has 0 N–H and O–H groups in total. The Morgan fingerprint density at radius 2 is 1.96 bits per heavy atom. The largest absolute Gasteiger partial charge is 0.299 e. The number of rotatable bonds is 5. The van der Waals surface area contributed by atoms with Gasteiger partial charge in [0.1, 0.15) is 24.2 Å². The van der Waals surface area contributed by atoms with E-state index in [-0.39, 0.29) is 5.82 Å². The second-order valence-electron chi connectivity index (χ2n) is 6.82.